The molecule has 2 nitrogen and oxygen atoms in total. The lowest BCUT2D eigenvalue weighted by molar-refractivity contribution is 0.112. The van der Waals surface area contributed by atoms with Crippen molar-refractivity contribution in [3.05, 3.63) is 44.9 Å². The zero-order valence-electron chi connectivity index (χ0n) is 10.7. The molecule has 0 radical (unpaired) electrons. The van der Waals surface area contributed by atoms with Gasteiger partial charge in [-0.1, -0.05) is 31.4 Å². The lowest BCUT2D eigenvalue weighted by Crippen LogP contribution is -2.08. The number of aldehydes is 1. The Morgan fingerprint density at radius 1 is 1.16 bits per heavy atom. The van der Waals surface area contributed by atoms with Crippen LogP contribution in [-0.2, 0) is 0 Å². The number of rotatable bonds is 2. The van der Waals surface area contributed by atoms with Gasteiger partial charge in [0.1, 0.15) is 0 Å². The Hall–Kier alpha value is -1.48. The van der Waals surface area contributed by atoms with Gasteiger partial charge in [0.25, 0.3) is 0 Å². The average Bonchev–Trinajstić information content (AvgIpc) is 2.47. The van der Waals surface area contributed by atoms with Crippen molar-refractivity contribution in [2.24, 2.45) is 0 Å². The molecule has 0 N–H and O–H groups in total. The topological polar surface area (TPSA) is 34.1 Å². The van der Waals surface area contributed by atoms with Crippen LogP contribution in [0.1, 0.15) is 53.3 Å². The molecule has 1 aromatic heterocycles. The summed E-state index contributed by atoms with van der Waals surface area (Å²) >= 11 is 1.63. The highest BCUT2D eigenvalue weighted by atomic mass is 32.1. The lowest BCUT2D eigenvalue weighted by Gasteiger charge is -2.21. The molecule has 1 saturated carbocycles. The summed E-state index contributed by atoms with van der Waals surface area (Å²) in [5.74, 6) is 0.510. The third-order valence-electron chi connectivity index (χ3n) is 3.94. The van der Waals surface area contributed by atoms with Gasteiger partial charge in [-0.3, -0.25) is 9.59 Å². The van der Waals surface area contributed by atoms with Crippen molar-refractivity contribution in [1.29, 1.82) is 0 Å². The van der Waals surface area contributed by atoms with E-state index in [1.807, 2.05) is 6.07 Å². The summed E-state index contributed by atoms with van der Waals surface area (Å²) in [5, 5.41) is 0.675. The van der Waals surface area contributed by atoms with Gasteiger partial charge >= 0.3 is 0 Å². The highest BCUT2D eigenvalue weighted by Gasteiger charge is 2.18. The van der Waals surface area contributed by atoms with E-state index in [-0.39, 0.29) is 5.43 Å². The van der Waals surface area contributed by atoms with E-state index >= 15 is 0 Å². The standard InChI is InChI=1S/C16H16O2S/c17-10-12-7-4-8-13-14(18)9-15(19-16(12)13)11-5-2-1-3-6-11/h4,7-11H,1-3,5-6H2. The van der Waals surface area contributed by atoms with Gasteiger partial charge in [-0.25, -0.2) is 0 Å². The average molecular weight is 272 g/mol. The third-order valence-corrected chi connectivity index (χ3v) is 5.29. The maximum absolute atomic E-state index is 12.2. The largest absolute Gasteiger partial charge is 0.298 e. The second-order valence-electron chi connectivity index (χ2n) is 5.19. The van der Waals surface area contributed by atoms with E-state index in [0.29, 0.717) is 16.9 Å². The van der Waals surface area contributed by atoms with Gasteiger partial charge < -0.3 is 0 Å². The van der Waals surface area contributed by atoms with Crippen LogP contribution in [-0.4, -0.2) is 6.29 Å². The highest BCUT2D eigenvalue weighted by molar-refractivity contribution is 7.18. The molecule has 1 heterocycles. The molecule has 3 rings (SSSR count). The molecule has 1 fully saturated rings. The Morgan fingerprint density at radius 2 is 1.95 bits per heavy atom. The molecule has 19 heavy (non-hydrogen) atoms. The van der Waals surface area contributed by atoms with Crippen LogP contribution >= 0.6 is 11.3 Å². The highest BCUT2D eigenvalue weighted by Crippen LogP contribution is 2.36. The predicted octanol–water partition coefficient (Wildman–Crippen LogP) is 4.12. The monoisotopic (exact) mass is 272 g/mol. The van der Waals surface area contributed by atoms with Crippen LogP contribution in [0.2, 0.25) is 0 Å². The van der Waals surface area contributed by atoms with Crippen molar-refractivity contribution in [3.8, 4) is 0 Å². The molecule has 2 aromatic rings. The van der Waals surface area contributed by atoms with Crippen molar-refractivity contribution in [2.75, 3.05) is 0 Å². The molecule has 0 saturated heterocycles. The van der Waals surface area contributed by atoms with Crippen molar-refractivity contribution in [2.45, 2.75) is 38.0 Å². The van der Waals surface area contributed by atoms with Gasteiger partial charge in [0.15, 0.2) is 11.7 Å². The number of fused-ring (bicyclic) bond motifs is 1. The molecule has 1 aromatic carbocycles. The van der Waals surface area contributed by atoms with Gasteiger partial charge in [0.2, 0.25) is 0 Å². The van der Waals surface area contributed by atoms with Crippen LogP contribution in [0.5, 0.6) is 0 Å². The maximum Gasteiger partial charge on any atom is 0.188 e. The van der Waals surface area contributed by atoms with Crippen molar-refractivity contribution >= 4 is 27.7 Å². The molecule has 0 amide bonds. The molecule has 1 aliphatic carbocycles. The first-order chi connectivity index (χ1) is 9.29. The summed E-state index contributed by atoms with van der Waals surface area (Å²) in [5.41, 5.74) is 0.690. The summed E-state index contributed by atoms with van der Waals surface area (Å²) in [6.45, 7) is 0. The first-order valence-electron chi connectivity index (χ1n) is 6.81. The number of carbonyl (C=O) groups is 1. The van der Waals surface area contributed by atoms with Crippen LogP contribution in [0.4, 0.5) is 0 Å². The maximum atomic E-state index is 12.2. The van der Waals surface area contributed by atoms with E-state index in [1.54, 1.807) is 29.5 Å². The minimum Gasteiger partial charge on any atom is -0.298 e. The molecule has 0 aliphatic heterocycles. The Balaban J connectivity index is 2.16. The van der Waals surface area contributed by atoms with Crippen LogP contribution in [0, 0.1) is 0 Å². The summed E-state index contributed by atoms with van der Waals surface area (Å²) < 4.78 is 0.852. The molecular weight excluding hydrogens is 256 g/mol. The van der Waals surface area contributed by atoms with E-state index in [9.17, 15) is 9.59 Å². The van der Waals surface area contributed by atoms with Crippen molar-refractivity contribution in [1.82, 2.24) is 0 Å². The summed E-state index contributed by atoms with van der Waals surface area (Å²) in [6, 6.07) is 7.17. The van der Waals surface area contributed by atoms with Gasteiger partial charge in [0, 0.05) is 20.5 Å². The Labute approximate surface area is 116 Å². The summed E-state index contributed by atoms with van der Waals surface area (Å²) in [4.78, 5) is 24.5. The molecule has 0 unspecified atom stereocenters. The van der Waals surface area contributed by atoms with Crippen LogP contribution in [0.25, 0.3) is 10.1 Å². The molecule has 0 spiro atoms. The molecule has 0 bridgehead atoms. The lowest BCUT2D eigenvalue weighted by atomic mass is 9.88. The summed E-state index contributed by atoms with van der Waals surface area (Å²) in [6.07, 6.45) is 6.99. The smallest absolute Gasteiger partial charge is 0.188 e. The van der Waals surface area contributed by atoms with Gasteiger partial charge in [-0.15, -0.1) is 11.3 Å². The minimum absolute atomic E-state index is 0.0537. The van der Waals surface area contributed by atoms with E-state index in [1.165, 1.54) is 32.1 Å². The fourth-order valence-corrected chi connectivity index (χ4v) is 4.21. The van der Waals surface area contributed by atoms with Gasteiger partial charge in [0.05, 0.1) is 0 Å². The van der Waals surface area contributed by atoms with E-state index in [0.717, 1.165) is 15.9 Å². The number of benzene rings is 1. The number of carbonyl (C=O) groups excluding carboxylic acids is 1. The molecule has 0 atom stereocenters. The fraction of sp³-hybridized carbons (Fsp3) is 0.375. The quantitative estimate of drug-likeness (QED) is 0.771. The van der Waals surface area contributed by atoms with E-state index in [2.05, 4.69) is 0 Å². The minimum atomic E-state index is 0.0537. The first-order valence-corrected chi connectivity index (χ1v) is 7.63. The molecular formula is C16H16O2S. The molecule has 98 valence electrons. The SMILES string of the molecule is O=Cc1cccc2c(=O)cc(C3CCCCC3)sc12. The van der Waals surface area contributed by atoms with Crippen LogP contribution < -0.4 is 5.43 Å². The zero-order valence-corrected chi connectivity index (χ0v) is 11.5. The molecule has 1 aliphatic rings. The third kappa shape index (κ3) is 2.35. The summed E-state index contributed by atoms with van der Waals surface area (Å²) in [7, 11) is 0. The molecule has 3 heteroatoms. The van der Waals surface area contributed by atoms with Gasteiger partial charge in [-0.2, -0.15) is 0 Å². The zero-order chi connectivity index (χ0) is 13.2. The Morgan fingerprint density at radius 3 is 2.68 bits per heavy atom. The van der Waals surface area contributed by atoms with Crippen LogP contribution in [0.3, 0.4) is 0 Å². The number of hydrogen-bond donors (Lipinski definition) is 0. The first kappa shape index (κ1) is 12.5. The fourth-order valence-electron chi connectivity index (χ4n) is 2.90. The Kier molecular flexibility index (Phi) is 3.47. The van der Waals surface area contributed by atoms with E-state index in [4.69, 9.17) is 0 Å². The van der Waals surface area contributed by atoms with Crippen LogP contribution in [0.15, 0.2) is 29.1 Å². The van der Waals surface area contributed by atoms with Crippen molar-refractivity contribution in [3.63, 3.8) is 0 Å². The second kappa shape index (κ2) is 5.25. The van der Waals surface area contributed by atoms with Gasteiger partial charge in [-0.05, 0) is 30.9 Å². The normalized spacial score (nSPS) is 16.6. The predicted molar refractivity (Wildman–Crippen MR) is 79.3 cm³/mol. The van der Waals surface area contributed by atoms with E-state index < -0.39 is 0 Å². The number of hydrogen-bond acceptors (Lipinski definition) is 3. The van der Waals surface area contributed by atoms with Crippen molar-refractivity contribution < 1.29 is 4.79 Å². The second-order valence-corrected chi connectivity index (χ2v) is 6.27. The Bertz CT molecular complexity index is 666.